The van der Waals surface area contributed by atoms with Crippen LogP contribution in [0.3, 0.4) is 0 Å². The maximum atomic E-state index is 6.00. The molecule has 3 atom stereocenters. The van der Waals surface area contributed by atoms with E-state index in [1.54, 1.807) is 0 Å². The number of benzene rings is 1. The number of halogens is 2. The summed E-state index contributed by atoms with van der Waals surface area (Å²) in [7, 11) is 0. The van der Waals surface area contributed by atoms with Crippen LogP contribution in [0.5, 0.6) is 0 Å². The SMILES string of the molecule is CCC(c1ccc(Cl)cc1)N1C[C@H](C)NC[C@H]1CC.Cl. The molecule has 1 fully saturated rings. The summed E-state index contributed by atoms with van der Waals surface area (Å²) in [5, 5.41) is 4.41. The number of hydrogen-bond donors (Lipinski definition) is 1. The molecule has 2 rings (SSSR count). The minimum Gasteiger partial charge on any atom is -0.311 e. The van der Waals surface area contributed by atoms with E-state index in [0.29, 0.717) is 18.1 Å². The minimum absolute atomic E-state index is 0. The van der Waals surface area contributed by atoms with Crippen molar-refractivity contribution in [2.75, 3.05) is 13.1 Å². The van der Waals surface area contributed by atoms with Gasteiger partial charge in [-0.2, -0.15) is 0 Å². The van der Waals surface area contributed by atoms with Crippen molar-refractivity contribution in [1.29, 1.82) is 0 Å². The van der Waals surface area contributed by atoms with Gasteiger partial charge in [0.05, 0.1) is 0 Å². The number of piperazine rings is 1. The van der Waals surface area contributed by atoms with Crippen LogP contribution in [0.4, 0.5) is 0 Å². The van der Waals surface area contributed by atoms with Crippen molar-refractivity contribution < 1.29 is 0 Å². The first-order valence-corrected chi connectivity index (χ1v) is 7.78. The average Bonchev–Trinajstić information content (AvgIpc) is 2.42. The number of nitrogens with zero attached hydrogens (tertiary/aromatic N) is 1. The van der Waals surface area contributed by atoms with E-state index in [0.717, 1.165) is 24.5 Å². The molecule has 1 N–H and O–H groups in total. The first kappa shape index (κ1) is 17.8. The Balaban J connectivity index is 0.00000200. The predicted molar refractivity (Wildman–Crippen MR) is 90.0 cm³/mol. The Morgan fingerprint density at radius 1 is 1.30 bits per heavy atom. The second-order valence-corrected chi connectivity index (χ2v) is 5.98. The largest absolute Gasteiger partial charge is 0.311 e. The van der Waals surface area contributed by atoms with Crippen molar-refractivity contribution in [3.05, 3.63) is 34.9 Å². The maximum Gasteiger partial charge on any atom is 0.0406 e. The average molecular weight is 317 g/mol. The normalized spacial score (nSPS) is 25.0. The summed E-state index contributed by atoms with van der Waals surface area (Å²) in [6.07, 6.45) is 2.34. The fourth-order valence-corrected chi connectivity index (χ4v) is 3.22. The van der Waals surface area contributed by atoms with Crippen LogP contribution in [0.25, 0.3) is 0 Å². The lowest BCUT2D eigenvalue weighted by Crippen LogP contribution is -2.56. The van der Waals surface area contributed by atoms with E-state index < -0.39 is 0 Å². The Labute approximate surface area is 134 Å². The van der Waals surface area contributed by atoms with Gasteiger partial charge in [-0.15, -0.1) is 12.4 Å². The summed E-state index contributed by atoms with van der Waals surface area (Å²) in [6, 6.07) is 10.1. The highest BCUT2D eigenvalue weighted by molar-refractivity contribution is 6.30. The molecular formula is C16H26Cl2N2. The molecule has 0 aromatic heterocycles. The van der Waals surface area contributed by atoms with Gasteiger partial charge in [0.2, 0.25) is 0 Å². The smallest absolute Gasteiger partial charge is 0.0406 e. The molecule has 0 aliphatic carbocycles. The minimum atomic E-state index is 0. The molecule has 20 heavy (non-hydrogen) atoms. The molecule has 2 nitrogen and oxygen atoms in total. The van der Waals surface area contributed by atoms with E-state index in [1.165, 1.54) is 12.0 Å². The Kier molecular flexibility index (Phi) is 7.32. The van der Waals surface area contributed by atoms with Crippen LogP contribution in [0.2, 0.25) is 5.02 Å². The first-order valence-electron chi connectivity index (χ1n) is 7.40. The van der Waals surface area contributed by atoms with Crippen LogP contribution < -0.4 is 5.32 Å². The molecule has 1 aromatic rings. The zero-order valence-corrected chi connectivity index (χ0v) is 14.2. The molecule has 4 heteroatoms. The van der Waals surface area contributed by atoms with Gasteiger partial charge in [0.1, 0.15) is 0 Å². The van der Waals surface area contributed by atoms with Gasteiger partial charge in [-0.05, 0) is 37.5 Å². The van der Waals surface area contributed by atoms with E-state index in [2.05, 4.69) is 43.1 Å². The summed E-state index contributed by atoms with van der Waals surface area (Å²) in [6.45, 7) is 9.05. The standard InChI is InChI=1S/C16H25ClN2.ClH/c1-4-15-10-18-12(3)11-19(15)16(5-2)13-6-8-14(17)9-7-13;/h6-9,12,15-16,18H,4-5,10-11H2,1-3H3;1H/t12-,15+,16?;/m0./s1. The number of nitrogens with one attached hydrogen (secondary N) is 1. The quantitative estimate of drug-likeness (QED) is 0.891. The Hall–Kier alpha value is -0.280. The van der Waals surface area contributed by atoms with E-state index in [-0.39, 0.29) is 12.4 Å². The highest BCUT2D eigenvalue weighted by Gasteiger charge is 2.30. The van der Waals surface area contributed by atoms with Gasteiger partial charge in [0.15, 0.2) is 0 Å². The van der Waals surface area contributed by atoms with E-state index in [9.17, 15) is 0 Å². The third-order valence-electron chi connectivity index (χ3n) is 4.17. The molecule has 0 amide bonds. The molecule has 1 aliphatic heterocycles. The molecule has 1 aliphatic rings. The van der Waals surface area contributed by atoms with Crippen molar-refractivity contribution in [2.24, 2.45) is 0 Å². The van der Waals surface area contributed by atoms with Gasteiger partial charge in [0, 0.05) is 36.2 Å². The van der Waals surface area contributed by atoms with Gasteiger partial charge < -0.3 is 5.32 Å². The number of rotatable bonds is 4. The zero-order valence-electron chi connectivity index (χ0n) is 12.6. The summed E-state index contributed by atoms with van der Waals surface area (Å²) in [5.41, 5.74) is 1.39. The Bertz CT molecular complexity index is 394. The van der Waals surface area contributed by atoms with Gasteiger partial charge in [-0.25, -0.2) is 0 Å². The molecule has 1 unspecified atom stereocenters. The lowest BCUT2D eigenvalue weighted by Gasteiger charge is -2.43. The molecule has 1 saturated heterocycles. The fraction of sp³-hybridized carbons (Fsp3) is 0.625. The van der Waals surface area contributed by atoms with Crippen molar-refractivity contribution in [3.8, 4) is 0 Å². The summed E-state index contributed by atoms with van der Waals surface area (Å²) in [4.78, 5) is 2.67. The van der Waals surface area contributed by atoms with Gasteiger partial charge in [0.25, 0.3) is 0 Å². The monoisotopic (exact) mass is 316 g/mol. The predicted octanol–water partition coefficient (Wildman–Crippen LogP) is 4.29. The van der Waals surface area contributed by atoms with E-state index in [1.807, 2.05) is 12.1 Å². The zero-order chi connectivity index (χ0) is 13.8. The van der Waals surface area contributed by atoms with Crippen LogP contribution >= 0.6 is 24.0 Å². The van der Waals surface area contributed by atoms with Crippen LogP contribution in [-0.4, -0.2) is 30.1 Å². The van der Waals surface area contributed by atoms with Gasteiger partial charge >= 0.3 is 0 Å². The fourth-order valence-electron chi connectivity index (χ4n) is 3.09. The third-order valence-corrected chi connectivity index (χ3v) is 4.42. The molecule has 0 spiro atoms. The summed E-state index contributed by atoms with van der Waals surface area (Å²) < 4.78 is 0. The van der Waals surface area contributed by atoms with Crippen LogP contribution in [-0.2, 0) is 0 Å². The summed E-state index contributed by atoms with van der Waals surface area (Å²) in [5.74, 6) is 0. The Morgan fingerprint density at radius 3 is 2.50 bits per heavy atom. The highest BCUT2D eigenvalue weighted by Crippen LogP contribution is 2.29. The van der Waals surface area contributed by atoms with Crippen LogP contribution in [0, 0.1) is 0 Å². The van der Waals surface area contributed by atoms with E-state index in [4.69, 9.17) is 11.6 Å². The third kappa shape index (κ3) is 4.11. The van der Waals surface area contributed by atoms with Crippen molar-refractivity contribution in [3.63, 3.8) is 0 Å². The molecule has 1 heterocycles. The van der Waals surface area contributed by atoms with E-state index >= 15 is 0 Å². The molecule has 0 bridgehead atoms. The second kappa shape index (κ2) is 8.23. The highest BCUT2D eigenvalue weighted by atomic mass is 35.5. The summed E-state index contributed by atoms with van der Waals surface area (Å²) >= 11 is 6.00. The van der Waals surface area contributed by atoms with Crippen molar-refractivity contribution >= 4 is 24.0 Å². The Morgan fingerprint density at radius 2 is 1.95 bits per heavy atom. The first-order chi connectivity index (χ1) is 9.15. The topological polar surface area (TPSA) is 15.3 Å². The lowest BCUT2D eigenvalue weighted by molar-refractivity contribution is 0.0799. The maximum absolute atomic E-state index is 6.00. The van der Waals surface area contributed by atoms with Gasteiger partial charge in [-0.3, -0.25) is 4.90 Å². The van der Waals surface area contributed by atoms with Crippen LogP contribution in [0.15, 0.2) is 24.3 Å². The van der Waals surface area contributed by atoms with Crippen LogP contribution in [0.1, 0.15) is 45.2 Å². The molecule has 1 aromatic carbocycles. The second-order valence-electron chi connectivity index (χ2n) is 5.54. The lowest BCUT2D eigenvalue weighted by atomic mass is 9.97. The molecule has 114 valence electrons. The number of hydrogen-bond acceptors (Lipinski definition) is 2. The molecular weight excluding hydrogens is 291 g/mol. The van der Waals surface area contributed by atoms with Crippen molar-refractivity contribution in [1.82, 2.24) is 10.2 Å². The molecule has 0 radical (unpaired) electrons. The molecule has 0 saturated carbocycles. The van der Waals surface area contributed by atoms with Crippen molar-refractivity contribution in [2.45, 2.75) is 51.7 Å². The van der Waals surface area contributed by atoms with Gasteiger partial charge in [-0.1, -0.05) is 37.6 Å².